The van der Waals surface area contributed by atoms with Crippen LogP contribution in [0, 0.1) is 0 Å². The average Bonchev–Trinajstić information content (AvgIpc) is 3.98. The molecule has 0 saturated carbocycles. The van der Waals surface area contributed by atoms with Gasteiger partial charge in [0.15, 0.2) is 0 Å². The molecule has 12 heteroatoms. The van der Waals surface area contributed by atoms with Gasteiger partial charge < -0.3 is 36.9 Å². The van der Waals surface area contributed by atoms with Gasteiger partial charge in [-0.25, -0.2) is 0 Å². The standard InChI is InChI=1S/2C17H19N2O2S.4C2H6.2Rf/c2*20-22(21)19-17(16-12-7-13-18-16,14-8-3-1-4-9-14)15-10-5-2-6-11-15;4*1-2;;/h2*1-6,8-11,16,18H,7,12-13H2,(H,19,20,21);4*1-2H3;;/q2*-1;;;;;;/t2*16-;;;;;;/m10....../s1. The Balaban J connectivity index is 0. The van der Waals surface area contributed by atoms with E-state index in [2.05, 4.69) is 20.1 Å². The summed E-state index contributed by atoms with van der Waals surface area (Å²) < 4.78 is 52.0. The van der Waals surface area contributed by atoms with Crippen LogP contribution in [0.3, 0.4) is 0 Å². The number of benzene rings is 4. The van der Waals surface area contributed by atoms with E-state index in [-0.39, 0.29) is 12.1 Å². The molecule has 2 atom stereocenters. The van der Waals surface area contributed by atoms with Crippen molar-refractivity contribution in [2.24, 2.45) is 0 Å². The van der Waals surface area contributed by atoms with Gasteiger partial charge in [0.05, 0.1) is 11.1 Å². The van der Waals surface area contributed by atoms with Gasteiger partial charge in [-0.3, -0.25) is 0 Å². The third kappa shape index (κ3) is 12.9. The minimum atomic E-state index is -2.37. The van der Waals surface area contributed by atoms with Crippen LogP contribution < -0.4 is 20.1 Å². The molecule has 2 aliphatic heterocycles. The van der Waals surface area contributed by atoms with E-state index in [4.69, 9.17) is 0 Å². The fourth-order valence-corrected chi connectivity index (χ4v) is 7.97. The van der Waals surface area contributed by atoms with Crippen LogP contribution >= 0.6 is 0 Å². The molecule has 0 unspecified atom stereocenters. The molecule has 0 aliphatic carbocycles. The van der Waals surface area contributed by atoms with Crippen molar-refractivity contribution in [3.63, 3.8) is 0 Å². The van der Waals surface area contributed by atoms with Gasteiger partial charge in [0.1, 0.15) is 0 Å². The summed E-state index contributed by atoms with van der Waals surface area (Å²) in [4.78, 5) is 0. The molecule has 6 rings (SSSR count). The molecule has 54 heavy (non-hydrogen) atoms. The van der Waals surface area contributed by atoms with Crippen molar-refractivity contribution >= 4 is 21.8 Å². The summed E-state index contributed by atoms with van der Waals surface area (Å²) >= 11 is 0. The summed E-state index contributed by atoms with van der Waals surface area (Å²) in [5, 5.41) is 6.93. The van der Waals surface area contributed by atoms with E-state index >= 15 is 0 Å². The first kappa shape index (κ1) is 50.7. The second kappa shape index (κ2) is 28.2. The Bertz CT molecular complexity index is 1400. The van der Waals surface area contributed by atoms with Crippen LogP contribution in [-0.2, 0) is 49.7 Å². The molecule has 2 fully saturated rings. The predicted octanol–water partition coefficient (Wildman–Crippen LogP) is 9.10. The van der Waals surface area contributed by atoms with E-state index in [0.29, 0.717) is 0 Å². The second-order valence-electron chi connectivity index (χ2n) is 11.1. The maximum atomic E-state index is 11.6. The molecule has 0 spiro atoms. The zero-order chi connectivity index (χ0) is 38.8. The van der Waals surface area contributed by atoms with Crippen LogP contribution in [0.2, 0.25) is 0 Å². The molecule has 0 radical (unpaired) electrons. The Morgan fingerprint density at radius 2 is 0.667 bits per heavy atom. The first-order valence-corrected chi connectivity index (χ1v) is 21.0. The van der Waals surface area contributed by atoms with Crippen molar-refractivity contribution in [2.75, 3.05) is 13.1 Å². The zero-order valence-corrected chi connectivity index (χ0v) is 48.2. The summed E-state index contributed by atoms with van der Waals surface area (Å²) in [7, 11) is -4.74. The van der Waals surface area contributed by atoms with E-state index in [1.807, 2.05) is 177 Å². The summed E-state index contributed by atoms with van der Waals surface area (Å²) in [6.45, 7) is 17.8. The minimum Gasteiger partial charge on any atom is -0.409 e. The van der Waals surface area contributed by atoms with Gasteiger partial charge in [0.2, 0.25) is 0 Å². The van der Waals surface area contributed by atoms with Gasteiger partial charge in [0, 0.05) is 12.1 Å². The van der Waals surface area contributed by atoms with Gasteiger partial charge in [-0.05, 0) is 82.8 Å². The molecule has 0 amide bonds. The van der Waals surface area contributed by atoms with Crippen LogP contribution in [0.4, 0.5) is 0 Å². The first-order chi connectivity index (χ1) is 25.5. The molecule has 2 saturated heterocycles. The normalized spacial score (nSPS) is 15.7. The van der Waals surface area contributed by atoms with Crippen LogP contribution in [-0.4, -0.2) is 25.2 Å². The van der Waals surface area contributed by atoms with E-state index in [1.165, 1.54) is 0 Å². The van der Waals surface area contributed by atoms with Gasteiger partial charge in [-0.15, -0.1) is 0 Å². The van der Waals surface area contributed by atoms with Gasteiger partial charge in [-0.1, -0.05) is 177 Å². The average molecular weight is 1290 g/mol. The summed E-state index contributed by atoms with van der Waals surface area (Å²) in [5.74, 6) is 0. The number of hydrogen-bond donors (Lipinski definition) is 4. The molecule has 4 aromatic carbocycles. The van der Waals surface area contributed by atoms with E-state index in [0.717, 1.165) is 61.0 Å². The van der Waals surface area contributed by atoms with E-state index < -0.39 is 32.9 Å². The molecule has 292 valence electrons. The Kier molecular flexibility index (Phi) is 26.5. The largest absolute Gasteiger partial charge is 0.409 e. The molecular formula is C42H62N4O4Rf2S2-2. The van der Waals surface area contributed by atoms with Crippen LogP contribution in [0.25, 0.3) is 0 Å². The van der Waals surface area contributed by atoms with Crippen molar-refractivity contribution in [3.05, 3.63) is 144 Å². The smallest absolute Gasteiger partial charge is 0.0710 e. The zero-order valence-electron chi connectivity index (χ0n) is 33.8. The summed E-state index contributed by atoms with van der Waals surface area (Å²) in [6, 6.07) is 39.2. The predicted molar refractivity (Wildman–Crippen MR) is 219 cm³/mol. The number of hydrogen-bond acceptors (Lipinski definition) is 8. The molecule has 0 aromatic heterocycles. The topological polar surface area (TPSA) is 116 Å². The summed E-state index contributed by atoms with van der Waals surface area (Å²) in [5.41, 5.74) is 2.22. The van der Waals surface area contributed by atoms with Crippen molar-refractivity contribution in [2.45, 2.75) is 104 Å². The third-order valence-electron chi connectivity index (χ3n) is 8.57. The minimum absolute atomic E-state index is 0. The van der Waals surface area contributed by atoms with Crippen LogP contribution in [0.1, 0.15) is 103 Å². The Morgan fingerprint density at radius 3 is 0.833 bits per heavy atom. The monoisotopic (exact) mass is 1280 g/mol. The van der Waals surface area contributed by atoms with Gasteiger partial charge in [-0.2, -0.15) is 0 Å². The van der Waals surface area contributed by atoms with Crippen LogP contribution in [0.5, 0.6) is 0 Å². The Morgan fingerprint density at radius 1 is 0.444 bits per heavy atom. The quantitative estimate of drug-likeness (QED) is 0.118. The number of rotatable bonds is 10. The fourth-order valence-electron chi connectivity index (χ4n) is 6.69. The molecule has 4 N–H and O–H groups in total. The Hall–Kier alpha value is -5.38. The SMILES string of the molecule is CC.CC.CC.CC.O=[S-](=O)NC(c1ccccc1)(c1ccccc1)[C@@H]1CCCN1.O=[S-](=O)NC(c1ccccc1)(c1ccccc1)[C@H]1CCCN1.[Rf].[Rf]. The third-order valence-corrected chi connectivity index (χ3v) is 9.55. The Labute approximate surface area is 318 Å². The van der Waals surface area contributed by atoms with Crippen molar-refractivity contribution in [3.8, 4) is 0 Å². The maximum absolute atomic E-state index is 11.6. The molecule has 0 bridgehead atoms. The molecule has 2 heterocycles. The molecule has 4 aromatic rings. The van der Waals surface area contributed by atoms with Gasteiger partial charge in [0.25, 0.3) is 0 Å². The van der Waals surface area contributed by atoms with Crippen molar-refractivity contribution in [1.82, 2.24) is 20.1 Å². The van der Waals surface area contributed by atoms with E-state index in [1.54, 1.807) is 0 Å². The maximum Gasteiger partial charge on any atom is 0.0710 e. The molecule has 8 nitrogen and oxygen atoms in total. The van der Waals surface area contributed by atoms with Crippen molar-refractivity contribution < 1.29 is 16.8 Å². The summed E-state index contributed by atoms with van der Waals surface area (Å²) in [6.07, 6.45) is 3.93. The molecule has 2 aliphatic rings. The van der Waals surface area contributed by atoms with E-state index in [9.17, 15) is 16.8 Å². The second-order valence-corrected chi connectivity index (χ2v) is 12.4. The van der Waals surface area contributed by atoms with Crippen LogP contribution in [0.15, 0.2) is 121 Å². The number of nitrogens with one attached hydrogen (secondary N) is 4. The fraction of sp³-hybridized carbons (Fsp3) is 0.429. The molecular weight excluding hydrogens is 1220 g/mol. The first-order valence-electron chi connectivity index (χ1n) is 18.9. The van der Waals surface area contributed by atoms with Gasteiger partial charge >= 0.3 is 0 Å². The van der Waals surface area contributed by atoms with Crippen molar-refractivity contribution in [1.29, 1.82) is 0 Å².